The van der Waals surface area contributed by atoms with E-state index in [1.54, 1.807) is 4.90 Å². The fourth-order valence-electron chi connectivity index (χ4n) is 3.35. The maximum atomic E-state index is 12.5. The highest BCUT2D eigenvalue weighted by atomic mass is 79.9. The second-order valence-corrected chi connectivity index (χ2v) is 8.33. The zero-order valence-corrected chi connectivity index (χ0v) is 15.9. The molecule has 0 unspecified atom stereocenters. The summed E-state index contributed by atoms with van der Waals surface area (Å²) in [7, 11) is 0. The summed E-state index contributed by atoms with van der Waals surface area (Å²) < 4.78 is 6.43. The van der Waals surface area contributed by atoms with Crippen molar-refractivity contribution in [1.29, 1.82) is 0 Å². The number of nitrogens with zero attached hydrogens (tertiary/aromatic N) is 2. The molecule has 0 aromatic heterocycles. The Morgan fingerprint density at radius 3 is 2.54 bits per heavy atom. The Kier molecular flexibility index (Phi) is 4.60. The fraction of sp³-hybridized carbons (Fsp3) is 0.556. The van der Waals surface area contributed by atoms with E-state index in [4.69, 9.17) is 4.74 Å². The fourth-order valence-corrected chi connectivity index (χ4v) is 3.76. The average molecular weight is 395 g/mol. The topological polar surface area (TPSA) is 49.9 Å². The second kappa shape index (κ2) is 6.39. The number of carbonyl (C=O) groups excluding carboxylic acids is 2. The first-order chi connectivity index (χ1) is 11.2. The van der Waals surface area contributed by atoms with E-state index in [1.807, 2.05) is 43.9 Å². The molecule has 0 N–H and O–H groups in total. The molecular formula is C18H23BrN2O3. The Hall–Kier alpha value is -1.56. The molecule has 0 aliphatic carbocycles. The third-order valence-electron chi connectivity index (χ3n) is 4.39. The van der Waals surface area contributed by atoms with E-state index in [1.165, 1.54) is 0 Å². The van der Waals surface area contributed by atoms with Crippen molar-refractivity contribution in [3.8, 4) is 0 Å². The molecule has 6 heteroatoms. The zero-order chi connectivity index (χ0) is 17.5. The molecular weight excluding hydrogens is 372 g/mol. The Morgan fingerprint density at radius 1 is 1.25 bits per heavy atom. The summed E-state index contributed by atoms with van der Waals surface area (Å²) in [6.07, 6.45) is 1.75. The number of likely N-dealkylation sites (tertiary alicyclic amines) is 1. The van der Waals surface area contributed by atoms with Crippen LogP contribution in [0.2, 0.25) is 0 Å². The van der Waals surface area contributed by atoms with Crippen LogP contribution in [-0.2, 0) is 16.0 Å². The van der Waals surface area contributed by atoms with Crippen molar-refractivity contribution >= 4 is 33.6 Å². The van der Waals surface area contributed by atoms with Crippen molar-refractivity contribution in [3.05, 3.63) is 28.2 Å². The molecule has 0 atom stereocenters. The van der Waals surface area contributed by atoms with Gasteiger partial charge in [-0.3, -0.25) is 4.79 Å². The number of amides is 2. The minimum Gasteiger partial charge on any atom is -0.444 e. The first-order valence-corrected chi connectivity index (χ1v) is 9.12. The van der Waals surface area contributed by atoms with Gasteiger partial charge in [-0.1, -0.05) is 15.9 Å². The van der Waals surface area contributed by atoms with E-state index in [0.717, 1.165) is 28.6 Å². The standard InChI is InChI=1S/C18H23BrN2O3/c1-18(2,3)24-17(23)20-8-6-14(7-9-20)21-15-5-4-13(19)10-12(15)11-16(21)22/h4-5,10,14H,6-9,11H2,1-3H3. The molecule has 2 aliphatic heterocycles. The molecule has 0 saturated carbocycles. The molecule has 2 aliphatic rings. The van der Waals surface area contributed by atoms with Gasteiger partial charge in [-0.05, 0) is 57.4 Å². The van der Waals surface area contributed by atoms with Gasteiger partial charge in [-0.2, -0.15) is 0 Å². The average Bonchev–Trinajstić information content (AvgIpc) is 2.80. The molecule has 1 fully saturated rings. The number of rotatable bonds is 1. The summed E-state index contributed by atoms with van der Waals surface area (Å²) in [5, 5.41) is 0. The van der Waals surface area contributed by atoms with E-state index < -0.39 is 5.60 Å². The minimum absolute atomic E-state index is 0.151. The molecule has 24 heavy (non-hydrogen) atoms. The number of hydrogen-bond donors (Lipinski definition) is 0. The summed E-state index contributed by atoms with van der Waals surface area (Å²) in [6, 6.07) is 6.15. The van der Waals surface area contributed by atoms with Gasteiger partial charge in [0.05, 0.1) is 6.42 Å². The summed E-state index contributed by atoms with van der Waals surface area (Å²) >= 11 is 3.46. The molecule has 2 amide bonds. The second-order valence-electron chi connectivity index (χ2n) is 7.41. The van der Waals surface area contributed by atoms with Crippen molar-refractivity contribution in [2.24, 2.45) is 0 Å². The molecule has 1 saturated heterocycles. The first-order valence-electron chi connectivity index (χ1n) is 8.33. The first kappa shape index (κ1) is 17.3. The summed E-state index contributed by atoms with van der Waals surface area (Å²) in [6.45, 7) is 6.85. The third kappa shape index (κ3) is 3.58. The molecule has 5 nitrogen and oxygen atoms in total. The largest absolute Gasteiger partial charge is 0.444 e. The number of benzene rings is 1. The highest BCUT2D eigenvalue weighted by molar-refractivity contribution is 9.10. The predicted octanol–water partition coefficient (Wildman–Crippen LogP) is 3.74. The van der Waals surface area contributed by atoms with Crippen LogP contribution >= 0.6 is 15.9 Å². The maximum absolute atomic E-state index is 12.5. The number of carbonyl (C=O) groups is 2. The quantitative estimate of drug-likeness (QED) is 0.728. The van der Waals surface area contributed by atoms with Crippen molar-refractivity contribution < 1.29 is 14.3 Å². The van der Waals surface area contributed by atoms with Gasteiger partial charge in [0.2, 0.25) is 5.91 Å². The van der Waals surface area contributed by atoms with Crippen LogP contribution in [0.4, 0.5) is 10.5 Å². The monoisotopic (exact) mass is 394 g/mol. The van der Waals surface area contributed by atoms with Crippen molar-refractivity contribution in [3.63, 3.8) is 0 Å². The van der Waals surface area contributed by atoms with Gasteiger partial charge in [0.1, 0.15) is 5.60 Å². The number of hydrogen-bond acceptors (Lipinski definition) is 3. The van der Waals surface area contributed by atoms with Gasteiger partial charge in [0.25, 0.3) is 0 Å². The van der Waals surface area contributed by atoms with Gasteiger partial charge >= 0.3 is 6.09 Å². The predicted molar refractivity (Wildman–Crippen MR) is 96.2 cm³/mol. The van der Waals surface area contributed by atoms with E-state index in [2.05, 4.69) is 15.9 Å². The molecule has 0 radical (unpaired) electrons. The molecule has 1 aromatic carbocycles. The van der Waals surface area contributed by atoms with Crippen molar-refractivity contribution in [1.82, 2.24) is 4.90 Å². The molecule has 0 spiro atoms. The van der Waals surface area contributed by atoms with Gasteiger partial charge < -0.3 is 14.5 Å². The maximum Gasteiger partial charge on any atom is 0.410 e. The van der Waals surface area contributed by atoms with E-state index >= 15 is 0 Å². The van der Waals surface area contributed by atoms with Crippen LogP contribution in [0.15, 0.2) is 22.7 Å². The van der Waals surface area contributed by atoms with Gasteiger partial charge in [0.15, 0.2) is 0 Å². The van der Waals surface area contributed by atoms with E-state index in [0.29, 0.717) is 19.5 Å². The highest BCUT2D eigenvalue weighted by Crippen LogP contribution is 2.35. The number of piperidine rings is 1. The Bertz CT molecular complexity index is 661. The number of halogens is 1. The lowest BCUT2D eigenvalue weighted by Crippen LogP contribution is -2.49. The van der Waals surface area contributed by atoms with Crippen LogP contribution in [0, 0.1) is 0 Å². The lowest BCUT2D eigenvalue weighted by atomic mass is 10.0. The Balaban J connectivity index is 1.66. The van der Waals surface area contributed by atoms with Gasteiger partial charge in [-0.15, -0.1) is 0 Å². The minimum atomic E-state index is -0.481. The number of ether oxygens (including phenoxy) is 1. The Morgan fingerprint density at radius 2 is 1.92 bits per heavy atom. The van der Waals surface area contributed by atoms with Crippen molar-refractivity contribution in [2.45, 2.75) is 51.7 Å². The third-order valence-corrected chi connectivity index (χ3v) is 4.89. The van der Waals surface area contributed by atoms with Crippen LogP contribution in [-0.4, -0.2) is 41.6 Å². The van der Waals surface area contributed by atoms with Gasteiger partial charge in [-0.25, -0.2) is 4.79 Å². The van der Waals surface area contributed by atoms with Crippen molar-refractivity contribution in [2.75, 3.05) is 18.0 Å². The van der Waals surface area contributed by atoms with E-state index in [9.17, 15) is 9.59 Å². The van der Waals surface area contributed by atoms with Crippen LogP contribution in [0.1, 0.15) is 39.2 Å². The lowest BCUT2D eigenvalue weighted by molar-refractivity contribution is -0.118. The summed E-state index contributed by atoms with van der Waals surface area (Å²) in [5.74, 6) is 0.152. The molecule has 130 valence electrons. The molecule has 1 aromatic rings. The summed E-state index contributed by atoms with van der Waals surface area (Å²) in [5.41, 5.74) is 1.61. The number of fused-ring (bicyclic) bond motifs is 1. The normalized spacial score (nSPS) is 18.8. The lowest BCUT2D eigenvalue weighted by Gasteiger charge is -2.37. The highest BCUT2D eigenvalue weighted by Gasteiger charge is 2.36. The van der Waals surface area contributed by atoms with Crippen LogP contribution in [0.3, 0.4) is 0 Å². The smallest absolute Gasteiger partial charge is 0.410 e. The summed E-state index contributed by atoms with van der Waals surface area (Å²) in [4.78, 5) is 28.3. The SMILES string of the molecule is CC(C)(C)OC(=O)N1CCC(N2C(=O)Cc3cc(Br)ccc32)CC1. The van der Waals surface area contributed by atoms with E-state index in [-0.39, 0.29) is 18.0 Å². The van der Waals surface area contributed by atoms with Crippen LogP contribution in [0.25, 0.3) is 0 Å². The van der Waals surface area contributed by atoms with Gasteiger partial charge in [0, 0.05) is 29.3 Å². The molecule has 3 rings (SSSR count). The molecule has 2 heterocycles. The molecule has 0 bridgehead atoms. The van der Waals surface area contributed by atoms with Crippen LogP contribution < -0.4 is 4.90 Å². The zero-order valence-electron chi connectivity index (χ0n) is 14.3. The van der Waals surface area contributed by atoms with Crippen LogP contribution in [0.5, 0.6) is 0 Å². The number of anilines is 1. The Labute approximate surface area is 151 Å².